The average molecular weight is 370 g/mol. The topological polar surface area (TPSA) is 91.3 Å². The lowest BCUT2D eigenvalue weighted by Crippen LogP contribution is -2.30. The molecule has 0 saturated heterocycles. The van der Waals surface area contributed by atoms with E-state index in [-0.39, 0.29) is 11.7 Å². The summed E-state index contributed by atoms with van der Waals surface area (Å²) in [6.45, 7) is 0.513. The van der Waals surface area contributed by atoms with Crippen molar-refractivity contribution in [2.45, 2.75) is 6.42 Å². The Bertz CT molecular complexity index is 642. The Balaban J connectivity index is 1.77. The number of carbonyl (C=O) groups is 2. The van der Waals surface area contributed by atoms with E-state index in [9.17, 15) is 9.59 Å². The summed E-state index contributed by atoms with van der Waals surface area (Å²) in [6, 6.07) is 6.45. The van der Waals surface area contributed by atoms with E-state index < -0.39 is 5.97 Å². The van der Waals surface area contributed by atoms with Crippen LogP contribution in [0.4, 0.5) is 10.5 Å². The molecule has 3 N–H and O–H groups in total. The van der Waals surface area contributed by atoms with Crippen LogP contribution in [0, 0.1) is 0 Å². The van der Waals surface area contributed by atoms with Crippen LogP contribution in [0.15, 0.2) is 34.2 Å². The number of thiophene rings is 1. The number of hydrogen-bond donors (Lipinski definition) is 3. The van der Waals surface area contributed by atoms with Crippen LogP contribution in [0.5, 0.6) is 0 Å². The third-order valence-electron chi connectivity index (χ3n) is 2.53. The number of pyridine rings is 1. The first-order valence-electron chi connectivity index (χ1n) is 6.03. The Hall–Kier alpha value is -1.93. The largest absolute Gasteiger partial charge is 0.477 e. The summed E-state index contributed by atoms with van der Waals surface area (Å²) in [4.78, 5) is 27.2. The second-order valence-corrected chi connectivity index (χ2v) is 6.62. The molecule has 8 heteroatoms. The number of amides is 2. The number of carboxylic acid groups (broad SMARTS) is 1. The second kappa shape index (κ2) is 7.19. The zero-order valence-corrected chi connectivity index (χ0v) is 13.2. The highest BCUT2D eigenvalue weighted by molar-refractivity contribution is 9.11. The number of halogens is 1. The van der Waals surface area contributed by atoms with Crippen molar-refractivity contribution in [3.63, 3.8) is 0 Å². The molecule has 0 unspecified atom stereocenters. The van der Waals surface area contributed by atoms with E-state index in [1.807, 2.05) is 12.1 Å². The molecule has 2 rings (SSSR count). The van der Waals surface area contributed by atoms with Crippen LogP contribution < -0.4 is 10.6 Å². The fourth-order valence-corrected chi connectivity index (χ4v) is 3.04. The van der Waals surface area contributed by atoms with Crippen LogP contribution in [-0.4, -0.2) is 28.6 Å². The minimum atomic E-state index is -1.10. The first-order valence-corrected chi connectivity index (χ1v) is 7.64. The number of hydrogen-bond acceptors (Lipinski definition) is 4. The van der Waals surface area contributed by atoms with E-state index in [1.165, 1.54) is 23.2 Å². The number of nitrogens with one attached hydrogen (secondary N) is 2. The van der Waals surface area contributed by atoms with Gasteiger partial charge in [-0.15, -0.1) is 11.3 Å². The molecule has 0 aliphatic rings. The minimum absolute atomic E-state index is 0.0655. The Morgan fingerprint density at radius 2 is 2.10 bits per heavy atom. The van der Waals surface area contributed by atoms with Crippen molar-refractivity contribution in [3.8, 4) is 0 Å². The van der Waals surface area contributed by atoms with Gasteiger partial charge in [0.1, 0.15) is 5.69 Å². The van der Waals surface area contributed by atoms with Gasteiger partial charge in [0.15, 0.2) is 0 Å². The predicted molar refractivity (Wildman–Crippen MR) is 83.9 cm³/mol. The molecule has 0 radical (unpaired) electrons. The molecule has 0 aromatic carbocycles. The molecular weight excluding hydrogens is 358 g/mol. The Morgan fingerprint density at radius 3 is 2.67 bits per heavy atom. The second-order valence-electron chi connectivity index (χ2n) is 4.07. The maximum absolute atomic E-state index is 11.7. The number of aromatic nitrogens is 1. The molecule has 0 fully saturated rings. The summed E-state index contributed by atoms with van der Waals surface area (Å²) >= 11 is 5.01. The van der Waals surface area contributed by atoms with Crippen molar-refractivity contribution >= 4 is 45.0 Å². The highest BCUT2D eigenvalue weighted by Crippen LogP contribution is 2.22. The summed E-state index contributed by atoms with van der Waals surface area (Å²) in [7, 11) is 0. The summed E-state index contributed by atoms with van der Waals surface area (Å²) in [5, 5.41) is 14.0. The van der Waals surface area contributed by atoms with E-state index in [0.717, 1.165) is 10.2 Å². The van der Waals surface area contributed by atoms with Crippen molar-refractivity contribution in [1.82, 2.24) is 10.3 Å². The van der Waals surface area contributed by atoms with Crippen LogP contribution in [0.1, 0.15) is 15.4 Å². The van der Waals surface area contributed by atoms with Gasteiger partial charge in [-0.2, -0.15) is 0 Å². The third kappa shape index (κ3) is 4.83. The molecule has 0 aliphatic heterocycles. The molecule has 2 aromatic heterocycles. The normalized spacial score (nSPS) is 10.1. The van der Waals surface area contributed by atoms with Gasteiger partial charge < -0.3 is 15.7 Å². The number of carbonyl (C=O) groups excluding carboxylic acids is 1. The lowest BCUT2D eigenvalue weighted by Gasteiger charge is -2.06. The predicted octanol–water partition coefficient (Wildman–Crippen LogP) is 2.97. The highest BCUT2D eigenvalue weighted by Gasteiger charge is 2.06. The maximum atomic E-state index is 11.7. The summed E-state index contributed by atoms with van der Waals surface area (Å²) < 4.78 is 1.06. The SMILES string of the molecule is O=C(NCCc1ccc(Br)s1)Nc1ccc(C(=O)O)nc1. The number of carboxylic acids is 1. The number of anilines is 1. The lowest BCUT2D eigenvalue weighted by molar-refractivity contribution is 0.0690. The van der Waals surface area contributed by atoms with Gasteiger partial charge in [0.25, 0.3) is 0 Å². The van der Waals surface area contributed by atoms with Crippen LogP contribution in [0.3, 0.4) is 0 Å². The van der Waals surface area contributed by atoms with Gasteiger partial charge in [0.05, 0.1) is 15.7 Å². The first kappa shape index (κ1) is 15.5. The third-order valence-corrected chi connectivity index (χ3v) is 4.21. The molecular formula is C13H12BrN3O3S. The van der Waals surface area contributed by atoms with Crippen LogP contribution >= 0.6 is 27.3 Å². The molecule has 110 valence electrons. The van der Waals surface area contributed by atoms with Gasteiger partial charge in [0.2, 0.25) is 0 Å². The lowest BCUT2D eigenvalue weighted by atomic mass is 10.3. The average Bonchev–Trinajstić information content (AvgIpc) is 2.85. The number of urea groups is 1. The van der Waals surface area contributed by atoms with Gasteiger partial charge in [0, 0.05) is 11.4 Å². The fraction of sp³-hybridized carbons (Fsp3) is 0.154. The van der Waals surface area contributed by atoms with Gasteiger partial charge in [-0.25, -0.2) is 14.6 Å². The highest BCUT2D eigenvalue weighted by atomic mass is 79.9. The molecule has 2 heterocycles. The van der Waals surface area contributed by atoms with E-state index in [0.29, 0.717) is 12.2 Å². The number of aromatic carboxylic acids is 1. The molecule has 2 amide bonds. The zero-order valence-electron chi connectivity index (χ0n) is 10.8. The molecule has 21 heavy (non-hydrogen) atoms. The van der Waals surface area contributed by atoms with Crippen molar-refractivity contribution in [2.24, 2.45) is 0 Å². The summed E-state index contributed by atoms with van der Waals surface area (Å²) in [5.41, 5.74) is 0.376. The monoisotopic (exact) mass is 369 g/mol. The molecule has 0 atom stereocenters. The molecule has 0 bridgehead atoms. The quantitative estimate of drug-likeness (QED) is 0.755. The van der Waals surface area contributed by atoms with E-state index in [2.05, 4.69) is 31.5 Å². The Labute approximate surface area is 133 Å². The first-order chi connectivity index (χ1) is 10.0. The van der Waals surface area contributed by atoms with Crippen LogP contribution in [-0.2, 0) is 6.42 Å². The van der Waals surface area contributed by atoms with Crippen molar-refractivity contribution in [3.05, 3.63) is 44.8 Å². The molecule has 0 saturated carbocycles. The van der Waals surface area contributed by atoms with Crippen LogP contribution in [0.2, 0.25) is 0 Å². The standard InChI is InChI=1S/C13H12BrN3O3S/c14-11-4-2-9(21-11)5-6-15-13(20)17-8-1-3-10(12(18)19)16-7-8/h1-4,7H,5-6H2,(H,18,19)(H2,15,17,20). The van der Waals surface area contributed by atoms with Crippen molar-refractivity contribution in [1.29, 1.82) is 0 Å². The van der Waals surface area contributed by atoms with Crippen LogP contribution in [0.25, 0.3) is 0 Å². The molecule has 2 aromatic rings. The minimum Gasteiger partial charge on any atom is -0.477 e. The number of nitrogens with zero attached hydrogens (tertiary/aromatic N) is 1. The van der Waals surface area contributed by atoms with Gasteiger partial charge >= 0.3 is 12.0 Å². The van der Waals surface area contributed by atoms with Gasteiger partial charge in [-0.1, -0.05) is 0 Å². The van der Waals surface area contributed by atoms with E-state index >= 15 is 0 Å². The molecule has 0 spiro atoms. The smallest absolute Gasteiger partial charge is 0.354 e. The van der Waals surface area contributed by atoms with Crippen molar-refractivity contribution < 1.29 is 14.7 Å². The molecule has 6 nitrogen and oxygen atoms in total. The maximum Gasteiger partial charge on any atom is 0.354 e. The van der Waals surface area contributed by atoms with E-state index in [1.54, 1.807) is 11.3 Å². The van der Waals surface area contributed by atoms with Crippen molar-refractivity contribution in [2.75, 3.05) is 11.9 Å². The molecule has 0 aliphatic carbocycles. The fourth-order valence-electron chi connectivity index (χ4n) is 1.55. The number of rotatable bonds is 5. The van der Waals surface area contributed by atoms with Gasteiger partial charge in [-0.3, -0.25) is 0 Å². The Morgan fingerprint density at radius 1 is 1.29 bits per heavy atom. The van der Waals surface area contributed by atoms with E-state index in [4.69, 9.17) is 5.11 Å². The van der Waals surface area contributed by atoms with Gasteiger partial charge in [-0.05, 0) is 46.6 Å². The summed E-state index contributed by atoms with van der Waals surface area (Å²) in [6.07, 6.45) is 2.05. The Kier molecular flexibility index (Phi) is 5.29. The summed E-state index contributed by atoms with van der Waals surface area (Å²) in [5.74, 6) is -1.10. The zero-order chi connectivity index (χ0) is 15.2.